The van der Waals surface area contributed by atoms with Gasteiger partial charge < -0.3 is 19.7 Å². The zero-order chi connectivity index (χ0) is 18.5. The van der Waals surface area contributed by atoms with E-state index in [1.165, 1.54) is 0 Å². The van der Waals surface area contributed by atoms with Crippen LogP contribution in [0.5, 0.6) is 11.5 Å². The van der Waals surface area contributed by atoms with Crippen LogP contribution in [0.4, 0.5) is 0 Å². The lowest BCUT2D eigenvalue weighted by Gasteiger charge is -2.32. The van der Waals surface area contributed by atoms with E-state index in [0.717, 1.165) is 31.5 Å². The second-order valence-corrected chi connectivity index (χ2v) is 6.56. The normalized spacial score (nSPS) is 17.2. The number of hydrogen-bond donors (Lipinski definition) is 1. The molecule has 140 valence electrons. The van der Waals surface area contributed by atoms with Gasteiger partial charge in [-0.3, -0.25) is 9.48 Å². The molecule has 1 N–H and O–H groups in total. The number of rotatable bonds is 6. The van der Waals surface area contributed by atoms with Crippen LogP contribution < -0.4 is 14.8 Å². The molecule has 0 radical (unpaired) electrons. The van der Waals surface area contributed by atoms with Gasteiger partial charge in [0.25, 0.3) is 5.91 Å². The van der Waals surface area contributed by atoms with Crippen molar-refractivity contribution in [2.24, 2.45) is 7.05 Å². The van der Waals surface area contributed by atoms with E-state index in [9.17, 15) is 4.79 Å². The third-order valence-electron chi connectivity index (χ3n) is 4.68. The van der Waals surface area contributed by atoms with Crippen LogP contribution >= 0.6 is 0 Å². The molecule has 1 aromatic carbocycles. The third kappa shape index (κ3) is 4.16. The monoisotopic (exact) mass is 358 g/mol. The topological polar surface area (TPSA) is 68.6 Å². The quantitative estimate of drug-likeness (QED) is 0.853. The van der Waals surface area contributed by atoms with E-state index in [1.807, 2.05) is 25.2 Å². The minimum absolute atomic E-state index is 0.0297. The summed E-state index contributed by atoms with van der Waals surface area (Å²) in [6, 6.07) is 5.70. The van der Waals surface area contributed by atoms with Crippen LogP contribution in [0, 0.1) is 0 Å². The van der Waals surface area contributed by atoms with E-state index in [2.05, 4.69) is 10.4 Å². The SMILES string of the molecule is CNC1CCCN(C(=O)c2ccc(OCc3cnn(C)c3)c(OC)c2)C1. The summed E-state index contributed by atoms with van der Waals surface area (Å²) in [6.45, 7) is 1.92. The predicted octanol–water partition coefficient (Wildman–Crippen LogP) is 1.83. The van der Waals surface area contributed by atoms with Crippen molar-refractivity contribution in [3.05, 3.63) is 41.7 Å². The summed E-state index contributed by atoms with van der Waals surface area (Å²) in [7, 11) is 5.39. The Bertz CT molecular complexity index is 759. The van der Waals surface area contributed by atoms with Gasteiger partial charge >= 0.3 is 0 Å². The first-order valence-electron chi connectivity index (χ1n) is 8.85. The van der Waals surface area contributed by atoms with E-state index >= 15 is 0 Å². The molecule has 0 spiro atoms. The maximum atomic E-state index is 12.8. The highest BCUT2D eigenvalue weighted by Gasteiger charge is 2.24. The number of likely N-dealkylation sites (tertiary alicyclic amines) is 1. The number of methoxy groups -OCH3 is 1. The fourth-order valence-electron chi connectivity index (χ4n) is 3.21. The Morgan fingerprint density at radius 3 is 2.92 bits per heavy atom. The minimum Gasteiger partial charge on any atom is -0.493 e. The lowest BCUT2D eigenvalue weighted by atomic mass is 10.0. The molecule has 1 unspecified atom stereocenters. The number of nitrogens with one attached hydrogen (secondary N) is 1. The van der Waals surface area contributed by atoms with Crippen molar-refractivity contribution in [1.82, 2.24) is 20.0 Å². The van der Waals surface area contributed by atoms with Gasteiger partial charge in [0.15, 0.2) is 11.5 Å². The lowest BCUT2D eigenvalue weighted by Crippen LogP contribution is -2.46. The van der Waals surface area contributed by atoms with Crippen LogP contribution in [0.1, 0.15) is 28.8 Å². The molecular formula is C19H26N4O3. The Balaban J connectivity index is 1.70. The van der Waals surface area contributed by atoms with Gasteiger partial charge in [-0.05, 0) is 38.1 Å². The molecule has 26 heavy (non-hydrogen) atoms. The highest BCUT2D eigenvalue weighted by atomic mass is 16.5. The Morgan fingerprint density at radius 2 is 2.23 bits per heavy atom. The summed E-state index contributed by atoms with van der Waals surface area (Å²) in [6.07, 6.45) is 5.78. The van der Waals surface area contributed by atoms with Crippen LogP contribution in [-0.4, -0.2) is 53.9 Å². The molecule has 2 aromatic rings. The van der Waals surface area contributed by atoms with Gasteiger partial charge in [0, 0.05) is 43.5 Å². The summed E-state index contributed by atoms with van der Waals surface area (Å²) in [5, 5.41) is 7.38. The Kier molecular flexibility index (Phi) is 5.78. The number of likely N-dealkylation sites (N-methyl/N-ethyl adjacent to an activating group) is 1. The second-order valence-electron chi connectivity index (χ2n) is 6.56. The lowest BCUT2D eigenvalue weighted by molar-refractivity contribution is 0.0697. The largest absolute Gasteiger partial charge is 0.493 e. The van der Waals surface area contributed by atoms with Gasteiger partial charge in [0.2, 0.25) is 0 Å². The highest BCUT2D eigenvalue weighted by molar-refractivity contribution is 5.95. The number of aromatic nitrogens is 2. The molecule has 1 aliphatic rings. The Labute approximate surface area is 153 Å². The molecule has 1 aliphatic heterocycles. The maximum Gasteiger partial charge on any atom is 0.254 e. The molecule has 7 nitrogen and oxygen atoms in total. The number of piperidine rings is 1. The van der Waals surface area contributed by atoms with Crippen LogP contribution in [0.3, 0.4) is 0 Å². The van der Waals surface area contributed by atoms with Crippen molar-refractivity contribution in [2.75, 3.05) is 27.2 Å². The van der Waals surface area contributed by atoms with Crippen molar-refractivity contribution in [2.45, 2.75) is 25.5 Å². The first-order chi connectivity index (χ1) is 12.6. The van der Waals surface area contributed by atoms with E-state index in [0.29, 0.717) is 29.7 Å². The van der Waals surface area contributed by atoms with Crippen LogP contribution in [0.2, 0.25) is 0 Å². The van der Waals surface area contributed by atoms with Gasteiger partial charge in [-0.2, -0.15) is 5.10 Å². The summed E-state index contributed by atoms with van der Waals surface area (Å²) in [5.41, 5.74) is 1.59. The molecule has 1 aromatic heterocycles. The van der Waals surface area contributed by atoms with Crippen molar-refractivity contribution < 1.29 is 14.3 Å². The highest BCUT2D eigenvalue weighted by Crippen LogP contribution is 2.29. The van der Waals surface area contributed by atoms with Gasteiger partial charge in [-0.25, -0.2) is 0 Å². The Hall–Kier alpha value is -2.54. The summed E-state index contributed by atoms with van der Waals surface area (Å²) >= 11 is 0. The van der Waals surface area contributed by atoms with Crippen LogP contribution in [-0.2, 0) is 13.7 Å². The smallest absolute Gasteiger partial charge is 0.254 e. The van der Waals surface area contributed by atoms with Crippen molar-refractivity contribution >= 4 is 5.91 Å². The number of benzene rings is 1. The second kappa shape index (κ2) is 8.23. The first kappa shape index (κ1) is 18.3. The number of ether oxygens (including phenoxy) is 2. The van der Waals surface area contributed by atoms with Gasteiger partial charge in [0.1, 0.15) is 6.61 Å². The van der Waals surface area contributed by atoms with Crippen LogP contribution in [0.15, 0.2) is 30.6 Å². The zero-order valence-corrected chi connectivity index (χ0v) is 15.6. The molecular weight excluding hydrogens is 332 g/mol. The van der Waals surface area contributed by atoms with E-state index < -0.39 is 0 Å². The zero-order valence-electron chi connectivity index (χ0n) is 15.6. The van der Waals surface area contributed by atoms with E-state index in [1.54, 1.807) is 36.2 Å². The number of hydrogen-bond acceptors (Lipinski definition) is 5. The van der Waals surface area contributed by atoms with Crippen molar-refractivity contribution in [3.8, 4) is 11.5 Å². The number of amides is 1. The summed E-state index contributed by atoms with van der Waals surface area (Å²) < 4.78 is 13.0. The first-order valence-corrected chi connectivity index (χ1v) is 8.85. The molecule has 1 amide bonds. The van der Waals surface area contributed by atoms with Crippen molar-refractivity contribution in [3.63, 3.8) is 0 Å². The predicted molar refractivity (Wildman–Crippen MR) is 98.5 cm³/mol. The van der Waals surface area contributed by atoms with Gasteiger partial charge in [0.05, 0.1) is 13.3 Å². The molecule has 2 heterocycles. The van der Waals surface area contributed by atoms with Crippen molar-refractivity contribution in [1.29, 1.82) is 0 Å². The van der Waals surface area contributed by atoms with E-state index in [4.69, 9.17) is 9.47 Å². The fraction of sp³-hybridized carbons (Fsp3) is 0.474. The molecule has 1 atom stereocenters. The van der Waals surface area contributed by atoms with Gasteiger partial charge in [-0.1, -0.05) is 0 Å². The van der Waals surface area contributed by atoms with Gasteiger partial charge in [-0.15, -0.1) is 0 Å². The average molecular weight is 358 g/mol. The number of nitrogens with zero attached hydrogens (tertiary/aromatic N) is 3. The average Bonchev–Trinajstić information content (AvgIpc) is 3.10. The molecule has 0 bridgehead atoms. The third-order valence-corrected chi connectivity index (χ3v) is 4.68. The number of aryl methyl sites for hydroxylation is 1. The molecule has 0 saturated carbocycles. The number of carbonyl (C=O) groups is 1. The van der Waals surface area contributed by atoms with Crippen LogP contribution in [0.25, 0.3) is 0 Å². The molecule has 3 rings (SSSR count). The Morgan fingerprint density at radius 1 is 1.38 bits per heavy atom. The summed E-state index contributed by atoms with van der Waals surface area (Å²) in [5.74, 6) is 1.20. The fourth-order valence-corrected chi connectivity index (χ4v) is 3.21. The standard InChI is InChI=1S/C19H26N4O3/c1-20-16-5-4-8-23(12-16)19(24)15-6-7-17(18(9-15)25-3)26-13-14-10-21-22(2)11-14/h6-7,9-11,16,20H,4-5,8,12-13H2,1-3H3. The molecule has 0 aliphatic carbocycles. The molecule has 1 fully saturated rings. The van der Waals surface area contributed by atoms with E-state index in [-0.39, 0.29) is 5.91 Å². The maximum absolute atomic E-state index is 12.8. The molecule has 7 heteroatoms. The molecule has 1 saturated heterocycles. The number of carbonyl (C=O) groups excluding carboxylic acids is 1. The minimum atomic E-state index is 0.0297. The summed E-state index contributed by atoms with van der Waals surface area (Å²) in [4.78, 5) is 14.7.